The summed E-state index contributed by atoms with van der Waals surface area (Å²) in [5, 5.41) is 14.8. The average Bonchev–Trinajstić information content (AvgIpc) is 1.98. The summed E-state index contributed by atoms with van der Waals surface area (Å²) in [5.41, 5.74) is 2.88. The molecule has 0 unspecified atom stereocenters. The van der Waals surface area contributed by atoms with Crippen LogP contribution in [0.4, 0.5) is 0 Å². The van der Waals surface area contributed by atoms with Crippen LogP contribution in [0.25, 0.3) is 0 Å². The summed E-state index contributed by atoms with van der Waals surface area (Å²) in [7, 11) is 1.66. The zero-order chi connectivity index (χ0) is 10.3. The van der Waals surface area contributed by atoms with Crippen LogP contribution in [0.3, 0.4) is 0 Å². The summed E-state index contributed by atoms with van der Waals surface area (Å²) < 4.78 is 0. The lowest BCUT2D eigenvalue weighted by Gasteiger charge is -2.24. The minimum Gasteiger partial charge on any atom is -0.473 e. The largest absolute Gasteiger partial charge is 0.473 e. The molecule has 76 valence electrons. The van der Waals surface area contributed by atoms with Crippen molar-refractivity contribution in [1.29, 1.82) is 0 Å². The maximum absolute atomic E-state index is 9.10. The number of hydrogen-bond donors (Lipinski definition) is 3. The molecule has 1 fully saturated rings. The van der Waals surface area contributed by atoms with Crippen LogP contribution in [-0.2, 0) is 14.4 Å². The van der Waals surface area contributed by atoms with E-state index in [0.717, 1.165) is 0 Å². The molecule has 0 atom stereocenters. The minimum absolute atomic E-state index is 0.657. The number of carboxylic acid groups (broad SMARTS) is 2. The van der Waals surface area contributed by atoms with E-state index in [2.05, 4.69) is 5.48 Å². The maximum atomic E-state index is 9.10. The molecule has 1 aliphatic carbocycles. The van der Waals surface area contributed by atoms with Crippen molar-refractivity contribution < 1.29 is 24.6 Å². The molecule has 0 aromatic carbocycles. The second-order valence-corrected chi connectivity index (χ2v) is 2.56. The van der Waals surface area contributed by atoms with Gasteiger partial charge in [0, 0.05) is 6.04 Å². The lowest BCUT2D eigenvalue weighted by molar-refractivity contribution is -0.159. The molecule has 3 N–H and O–H groups in total. The van der Waals surface area contributed by atoms with Crippen molar-refractivity contribution in [2.75, 3.05) is 7.11 Å². The average molecular weight is 191 g/mol. The summed E-state index contributed by atoms with van der Waals surface area (Å²) in [4.78, 5) is 22.9. The zero-order valence-electron chi connectivity index (χ0n) is 7.32. The fourth-order valence-electron chi connectivity index (χ4n) is 0.693. The predicted octanol–water partition coefficient (Wildman–Crippen LogP) is -0.154. The van der Waals surface area contributed by atoms with Gasteiger partial charge in [0.15, 0.2) is 0 Å². The van der Waals surface area contributed by atoms with Crippen molar-refractivity contribution in [3.8, 4) is 0 Å². The highest BCUT2D eigenvalue weighted by Gasteiger charge is 2.15. The Morgan fingerprint density at radius 1 is 1.31 bits per heavy atom. The number of hydrogen-bond acceptors (Lipinski definition) is 4. The molecule has 6 heteroatoms. The molecule has 0 spiro atoms. The van der Waals surface area contributed by atoms with Gasteiger partial charge in [0.25, 0.3) is 0 Å². The Hall–Kier alpha value is -1.14. The molecular formula is C7H13NO5. The third-order valence-corrected chi connectivity index (χ3v) is 1.57. The van der Waals surface area contributed by atoms with Crippen LogP contribution in [-0.4, -0.2) is 35.3 Å². The van der Waals surface area contributed by atoms with Crippen LogP contribution in [0, 0.1) is 0 Å². The first-order chi connectivity index (χ1) is 6.07. The smallest absolute Gasteiger partial charge is 0.414 e. The maximum Gasteiger partial charge on any atom is 0.414 e. The van der Waals surface area contributed by atoms with Crippen LogP contribution in [0.15, 0.2) is 0 Å². The van der Waals surface area contributed by atoms with Gasteiger partial charge in [-0.1, -0.05) is 6.42 Å². The number of carboxylic acids is 2. The van der Waals surface area contributed by atoms with Gasteiger partial charge in [-0.25, -0.2) is 9.59 Å². The Kier molecular flexibility index (Phi) is 5.82. The topological polar surface area (TPSA) is 95.9 Å². The van der Waals surface area contributed by atoms with Gasteiger partial charge in [0.1, 0.15) is 0 Å². The van der Waals surface area contributed by atoms with Crippen LogP contribution in [0.1, 0.15) is 19.3 Å². The highest BCUT2D eigenvalue weighted by Crippen LogP contribution is 2.17. The molecule has 0 heterocycles. The first-order valence-corrected chi connectivity index (χ1v) is 3.82. The summed E-state index contributed by atoms with van der Waals surface area (Å²) in [6.07, 6.45) is 3.93. The molecule has 0 radical (unpaired) electrons. The molecule has 0 aromatic rings. The second-order valence-electron chi connectivity index (χ2n) is 2.56. The summed E-state index contributed by atoms with van der Waals surface area (Å²) in [6, 6.07) is 0.657. The van der Waals surface area contributed by atoms with Crippen molar-refractivity contribution in [1.82, 2.24) is 5.48 Å². The normalized spacial score (nSPS) is 15.2. The van der Waals surface area contributed by atoms with Gasteiger partial charge in [-0.15, -0.1) is 0 Å². The number of carbonyl (C=O) groups is 2. The zero-order valence-corrected chi connectivity index (χ0v) is 7.32. The van der Waals surface area contributed by atoms with E-state index < -0.39 is 11.9 Å². The van der Waals surface area contributed by atoms with Gasteiger partial charge in [0.2, 0.25) is 0 Å². The van der Waals surface area contributed by atoms with Gasteiger partial charge in [-0.2, -0.15) is 5.48 Å². The highest BCUT2D eigenvalue weighted by molar-refractivity contribution is 6.27. The number of aliphatic carboxylic acids is 2. The summed E-state index contributed by atoms with van der Waals surface area (Å²) >= 11 is 0. The van der Waals surface area contributed by atoms with E-state index in [9.17, 15) is 0 Å². The van der Waals surface area contributed by atoms with E-state index in [1.54, 1.807) is 7.11 Å². The van der Waals surface area contributed by atoms with Crippen molar-refractivity contribution in [2.45, 2.75) is 25.3 Å². The minimum atomic E-state index is -1.82. The molecule has 0 aliphatic heterocycles. The fourth-order valence-corrected chi connectivity index (χ4v) is 0.693. The van der Waals surface area contributed by atoms with E-state index in [0.29, 0.717) is 6.04 Å². The molecule has 0 aromatic heterocycles. The van der Waals surface area contributed by atoms with E-state index in [-0.39, 0.29) is 0 Å². The Labute approximate surface area is 75.5 Å². The quantitative estimate of drug-likeness (QED) is 0.415. The Balaban J connectivity index is 0.000000226. The van der Waals surface area contributed by atoms with E-state index >= 15 is 0 Å². The first kappa shape index (κ1) is 11.9. The fraction of sp³-hybridized carbons (Fsp3) is 0.714. The summed E-state index contributed by atoms with van der Waals surface area (Å²) in [6.45, 7) is 0. The Morgan fingerprint density at radius 2 is 1.77 bits per heavy atom. The number of rotatable bonds is 2. The molecule has 0 saturated heterocycles. The summed E-state index contributed by atoms with van der Waals surface area (Å²) in [5.74, 6) is -3.65. The molecule has 13 heavy (non-hydrogen) atoms. The molecule has 1 aliphatic rings. The van der Waals surface area contributed by atoms with Crippen molar-refractivity contribution in [2.24, 2.45) is 0 Å². The van der Waals surface area contributed by atoms with Gasteiger partial charge in [-0.3, -0.25) is 0 Å². The lowest BCUT2D eigenvalue weighted by atomic mass is 9.94. The van der Waals surface area contributed by atoms with Crippen molar-refractivity contribution in [3.05, 3.63) is 0 Å². The van der Waals surface area contributed by atoms with Gasteiger partial charge in [0.05, 0.1) is 7.11 Å². The van der Waals surface area contributed by atoms with Gasteiger partial charge < -0.3 is 15.1 Å². The van der Waals surface area contributed by atoms with E-state index in [1.807, 2.05) is 0 Å². The molecule has 1 rings (SSSR count). The van der Waals surface area contributed by atoms with Crippen molar-refractivity contribution >= 4 is 11.9 Å². The monoisotopic (exact) mass is 191 g/mol. The predicted molar refractivity (Wildman–Crippen MR) is 43.1 cm³/mol. The second kappa shape index (κ2) is 6.38. The third kappa shape index (κ3) is 6.06. The number of hydroxylamine groups is 1. The first-order valence-electron chi connectivity index (χ1n) is 3.82. The SMILES string of the molecule is CONC1CCC1.O=C(O)C(=O)O. The van der Waals surface area contributed by atoms with E-state index in [4.69, 9.17) is 24.6 Å². The standard InChI is InChI=1S/C5H11NO.C2H2O4/c1-7-6-5-3-2-4-5;3-1(4)2(5)6/h5-6H,2-4H2,1H3;(H,3,4)(H,5,6). The van der Waals surface area contributed by atoms with Crippen LogP contribution < -0.4 is 5.48 Å². The molecule has 0 bridgehead atoms. The van der Waals surface area contributed by atoms with Gasteiger partial charge >= 0.3 is 11.9 Å². The molecule has 0 amide bonds. The van der Waals surface area contributed by atoms with Gasteiger partial charge in [-0.05, 0) is 12.8 Å². The van der Waals surface area contributed by atoms with Crippen molar-refractivity contribution in [3.63, 3.8) is 0 Å². The van der Waals surface area contributed by atoms with Crippen LogP contribution >= 0.6 is 0 Å². The third-order valence-electron chi connectivity index (χ3n) is 1.57. The highest BCUT2D eigenvalue weighted by atomic mass is 16.6. The molecular weight excluding hydrogens is 178 g/mol. The molecule has 1 saturated carbocycles. The Morgan fingerprint density at radius 3 is 1.85 bits per heavy atom. The van der Waals surface area contributed by atoms with Crippen LogP contribution in [0.5, 0.6) is 0 Å². The lowest BCUT2D eigenvalue weighted by Crippen LogP contribution is -2.33. The molecule has 6 nitrogen and oxygen atoms in total. The number of nitrogens with one attached hydrogen (secondary N) is 1. The van der Waals surface area contributed by atoms with E-state index in [1.165, 1.54) is 19.3 Å². The Bertz CT molecular complexity index is 166. The van der Waals surface area contributed by atoms with Crippen LogP contribution in [0.2, 0.25) is 0 Å².